The molecule has 1 fully saturated rings. The third-order valence-electron chi connectivity index (χ3n) is 5.61. The third kappa shape index (κ3) is 5.90. The molecule has 1 saturated heterocycles. The van der Waals surface area contributed by atoms with Crippen LogP contribution < -0.4 is 10.6 Å². The zero-order valence-electron chi connectivity index (χ0n) is 18.3. The van der Waals surface area contributed by atoms with Gasteiger partial charge >= 0.3 is 0 Å². The Kier molecular flexibility index (Phi) is 7.39. The fourth-order valence-corrected chi connectivity index (χ4v) is 3.66. The van der Waals surface area contributed by atoms with Gasteiger partial charge in [-0.2, -0.15) is 0 Å². The summed E-state index contributed by atoms with van der Waals surface area (Å²) >= 11 is 0. The molecule has 0 radical (unpaired) electrons. The molecule has 1 unspecified atom stereocenters. The van der Waals surface area contributed by atoms with Gasteiger partial charge in [-0.25, -0.2) is 0 Å². The molecule has 0 aliphatic carbocycles. The molecule has 1 aliphatic rings. The maximum atomic E-state index is 12.9. The molecule has 7 heteroatoms. The van der Waals surface area contributed by atoms with Crippen molar-refractivity contribution < 1.29 is 14.4 Å². The predicted octanol–water partition coefficient (Wildman–Crippen LogP) is 2.57. The summed E-state index contributed by atoms with van der Waals surface area (Å²) in [4.78, 5) is 43.8. The van der Waals surface area contributed by atoms with Gasteiger partial charge in [-0.1, -0.05) is 31.5 Å². The Morgan fingerprint density at radius 1 is 0.968 bits per heavy atom. The first-order valence-electron chi connectivity index (χ1n) is 10.7. The molecule has 31 heavy (non-hydrogen) atoms. The van der Waals surface area contributed by atoms with E-state index in [0.29, 0.717) is 37.1 Å². The first kappa shape index (κ1) is 22.5. The van der Waals surface area contributed by atoms with E-state index in [9.17, 15) is 14.4 Å². The van der Waals surface area contributed by atoms with Crippen molar-refractivity contribution in [2.75, 3.05) is 13.1 Å². The average Bonchev–Trinajstić information content (AvgIpc) is 2.78. The van der Waals surface area contributed by atoms with Crippen molar-refractivity contribution in [2.45, 2.75) is 45.7 Å². The Morgan fingerprint density at radius 2 is 1.58 bits per heavy atom. The molecule has 0 bridgehead atoms. The highest BCUT2D eigenvalue weighted by Crippen LogP contribution is 2.15. The zero-order valence-corrected chi connectivity index (χ0v) is 18.3. The van der Waals surface area contributed by atoms with Crippen molar-refractivity contribution in [3.05, 3.63) is 65.5 Å². The topological polar surface area (TPSA) is 91.4 Å². The number of hydrogen-bond donors (Lipinski definition) is 2. The Labute approximate surface area is 183 Å². The van der Waals surface area contributed by atoms with Crippen LogP contribution in [0.4, 0.5) is 0 Å². The van der Waals surface area contributed by atoms with E-state index in [4.69, 9.17) is 0 Å². The highest BCUT2D eigenvalue weighted by molar-refractivity contribution is 5.97. The second-order valence-corrected chi connectivity index (χ2v) is 8.37. The van der Waals surface area contributed by atoms with E-state index in [1.165, 1.54) is 0 Å². The van der Waals surface area contributed by atoms with Crippen LogP contribution in [0.3, 0.4) is 0 Å². The molecule has 1 aliphatic heterocycles. The van der Waals surface area contributed by atoms with Gasteiger partial charge in [0.05, 0.1) is 0 Å². The van der Waals surface area contributed by atoms with Gasteiger partial charge in [-0.05, 0) is 49.9 Å². The number of piperidine rings is 1. The number of likely N-dealkylation sites (tertiary alicyclic amines) is 1. The summed E-state index contributed by atoms with van der Waals surface area (Å²) in [6, 6.07) is 10.0. The van der Waals surface area contributed by atoms with Crippen LogP contribution >= 0.6 is 0 Å². The van der Waals surface area contributed by atoms with Crippen LogP contribution in [0.25, 0.3) is 0 Å². The summed E-state index contributed by atoms with van der Waals surface area (Å²) in [6.07, 6.45) is 4.58. The molecule has 1 atom stereocenters. The van der Waals surface area contributed by atoms with E-state index in [0.717, 1.165) is 5.56 Å². The summed E-state index contributed by atoms with van der Waals surface area (Å²) in [5.41, 5.74) is 2.23. The van der Waals surface area contributed by atoms with Gasteiger partial charge in [-0.15, -0.1) is 0 Å². The highest BCUT2D eigenvalue weighted by Gasteiger charge is 2.29. The number of hydrogen-bond acceptors (Lipinski definition) is 4. The van der Waals surface area contributed by atoms with Crippen LogP contribution in [0, 0.1) is 12.8 Å². The Hall–Kier alpha value is -3.22. The van der Waals surface area contributed by atoms with Gasteiger partial charge in [-0.3, -0.25) is 19.4 Å². The van der Waals surface area contributed by atoms with E-state index in [1.54, 1.807) is 41.6 Å². The maximum absolute atomic E-state index is 12.9. The molecule has 2 heterocycles. The number of pyridine rings is 1. The number of aromatic nitrogens is 1. The van der Waals surface area contributed by atoms with Crippen LogP contribution in [-0.2, 0) is 4.79 Å². The Morgan fingerprint density at radius 3 is 2.16 bits per heavy atom. The molecule has 0 saturated carbocycles. The van der Waals surface area contributed by atoms with E-state index < -0.39 is 6.04 Å². The minimum atomic E-state index is -0.620. The molecule has 3 rings (SSSR count). The SMILES string of the molecule is Cc1ccc(C(=O)NC(C(=O)NC2CCN(C(=O)c3ccncc3)CC2)C(C)C)cc1. The maximum Gasteiger partial charge on any atom is 0.253 e. The van der Waals surface area contributed by atoms with Crippen LogP contribution in [0.2, 0.25) is 0 Å². The van der Waals surface area contributed by atoms with Gasteiger partial charge in [0, 0.05) is 42.7 Å². The van der Waals surface area contributed by atoms with Crippen molar-refractivity contribution in [2.24, 2.45) is 5.92 Å². The molecule has 1 aromatic heterocycles. The number of aryl methyl sites for hydroxylation is 1. The molecule has 2 N–H and O–H groups in total. The monoisotopic (exact) mass is 422 g/mol. The minimum Gasteiger partial charge on any atom is -0.351 e. The standard InChI is InChI=1S/C24H30N4O3/c1-16(2)21(27-22(29)18-6-4-17(3)5-7-18)23(30)26-20-10-14-28(15-11-20)24(31)19-8-12-25-13-9-19/h4-9,12-13,16,20-21H,10-11,14-15H2,1-3H3,(H,26,30)(H,27,29). The van der Waals surface area contributed by atoms with Gasteiger partial charge < -0.3 is 15.5 Å². The molecular weight excluding hydrogens is 392 g/mol. The predicted molar refractivity (Wildman–Crippen MR) is 119 cm³/mol. The van der Waals surface area contributed by atoms with Crippen LogP contribution in [0.1, 0.15) is 53.0 Å². The van der Waals surface area contributed by atoms with E-state index in [2.05, 4.69) is 15.6 Å². The fraction of sp³-hybridized carbons (Fsp3) is 0.417. The Balaban J connectivity index is 1.53. The lowest BCUT2D eigenvalue weighted by Crippen LogP contribution is -2.54. The van der Waals surface area contributed by atoms with Crippen molar-refractivity contribution in [1.82, 2.24) is 20.5 Å². The molecule has 7 nitrogen and oxygen atoms in total. The quantitative estimate of drug-likeness (QED) is 0.749. The minimum absolute atomic E-state index is 0.0161. The second kappa shape index (κ2) is 10.2. The van der Waals surface area contributed by atoms with Crippen LogP contribution in [0.15, 0.2) is 48.8 Å². The van der Waals surface area contributed by atoms with Gasteiger partial charge in [0.2, 0.25) is 5.91 Å². The number of nitrogens with one attached hydrogen (secondary N) is 2. The van der Waals surface area contributed by atoms with Gasteiger partial charge in [0.15, 0.2) is 0 Å². The number of nitrogens with zero attached hydrogens (tertiary/aromatic N) is 2. The van der Waals surface area contributed by atoms with Crippen LogP contribution in [0.5, 0.6) is 0 Å². The van der Waals surface area contributed by atoms with E-state index >= 15 is 0 Å². The first-order valence-corrected chi connectivity index (χ1v) is 10.7. The number of carbonyl (C=O) groups is 3. The van der Waals surface area contributed by atoms with Crippen molar-refractivity contribution >= 4 is 17.7 Å². The molecule has 1 aromatic carbocycles. The summed E-state index contributed by atoms with van der Waals surface area (Å²) in [6.45, 7) is 6.94. The lowest BCUT2D eigenvalue weighted by Gasteiger charge is -2.33. The molecule has 2 aromatic rings. The molecule has 0 spiro atoms. The lowest BCUT2D eigenvalue weighted by atomic mass is 9.99. The van der Waals surface area contributed by atoms with Crippen molar-refractivity contribution in [3.8, 4) is 0 Å². The van der Waals surface area contributed by atoms with E-state index in [1.807, 2.05) is 32.9 Å². The summed E-state index contributed by atoms with van der Waals surface area (Å²) in [5, 5.41) is 5.93. The average molecular weight is 423 g/mol. The normalized spacial score (nSPS) is 15.4. The zero-order chi connectivity index (χ0) is 22.4. The van der Waals surface area contributed by atoms with Crippen molar-refractivity contribution in [1.29, 1.82) is 0 Å². The first-order chi connectivity index (χ1) is 14.8. The highest BCUT2D eigenvalue weighted by atomic mass is 16.2. The lowest BCUT2D eigenvalue weighted by molar-refractivity contribution is -0.124. The molecule has 3 amide bonds. The number of carbonyl (C=O) groups excluding carboxylic acids is 3. The largest absolute Gasteiger partial charge is 0.351 e. The number of rotatable bonds is 6. The fourth-order valence-electron chi connectivity index (χ4n) is 3.66. The molecule has 164 valence electrons. The van der Waals surface area contributed by atoms with Gasteiger partial charge in [0.1, 0.15) is 6.04 Å². The molecular formula is C24H30N4O3. The number of amides is 3. The summed E-state index contributed by atoms with van der Waals surface area (Å²) in [5.74, 6) is -0.513. The van der Waals surface area contributed by atoms with E-state index in [-0.39, 0.29) is 29.7 Å². The summed E-state index contributed by atoms with van der Waals surface area (Å²) < 4.78 is 0. The second-order valence-electron chi connectivity index (χ2n) is 8.37. The van der Waals surface area contributed by atoms with Crippen molar-refractivity contribution in [3.63, 3.8) is 0 Å². The third-order valence-corrected chi connectivity index (χ3v) is 5.61. The van der Waals surface area contributed by atoms with Crippen LogP contribution in [-0.4, -0.2) is 52.8 Å². The smallest absolute Gasteiger partial charge is 0.253 e. The Bertz CT molecular complexity index is 904. The number of benzene rings is 1. The van der Waals surface area contributed by atoms with Gasteiger partial charge in [0.25, 0.3) is 11.8 Å². The summed E-state index contributed by atoms with van der Waals surface area (Å²) in [7, 11) is 0.